The van der Waals surface area contributed by atoms with Crippen LogP contribution in [0.2, 0.25) is 0 Å². The maximum atomic E-state index is 13.9. The Hall–Kier alpha value is -5.34. The van der Waals surface area contributed by atoms with E-state index in [0.29, 0.717) is 0 Å². The number of nitrogens with one attached hydrogen (secondary N) is 1. The minimum absolute atomic E-state index is 0.0886. The summed E-state index contributed by atoms with van der Waals surface area (Å²) in [6.07, 6.45) is -0.735. The van der Waals surface area contributed by atoms with Gasteiger partial charge >= 0.3 is 12.1 Å². The Balaban J connectivity index is 1.19. The molecule has 50 heavy (non-hydrogen) atoms. The van der Waals surface area contributed by atoms with Crippen molar-refractivity contribution in [1.82, 2.24) is 10.2 Å². The molecule has 0 heterocycles. The lowest BCUT2D eigenvalue weighted by molar-refractivity contribution is -0.149. The van der Waals surface area contributed by atoms with Gasteiger partial charge in [-0.25, -0.2) is 9.59 Å². The Morgan fingerprint density at radius 3 is 1.62 bits per heavy atom. The molecule has 5 aromatic rings. The highest BCUT2D eigenvalue weighted by atomic mass is 32.2. The summed E-state index contributed by atoms with van der Waals surface area (Å²) >= 11 is 1.48. The van der Waals surface area contributed by atoms with Gasteiger partial charge in [0.1, 0.15) is 18.7 Å². The number of hydrogen-bond acceptors (Lipinski definition) is 5. The van der Waals surface area contributed by atoms with E-state index in [1.54, 1.807) is 13.8 Å². The van der Waals surface area contributed by atoms with Gasteiger partial charge in [0.15, 0.2) is 0 Å². The molecule has 0 aromatic heterocycles. The molecule has 0 bridgehead atoms. The number of thioether (sulfide) groups is 1. The van der Waals surface area contributed by atoms with Gasteiger partial charge in [-0.2, -0.15) is 0 Å². The first-order valence-electron chi connectivity index (χ1n) is 16.8. The summed E-state index contributed by atoms with van der Waals surface area (Å²) in [4.78, 5) is 41.2. The molecule has 1 aliphatic carbocycles. The van der Waals surface area contributed by atoms with E-state index in [4.69, 9.17) is 4.74 Å². The van der Waals surface area contributed by atoms with Crippen molar-refractivity contribution >= 4 is 29.7 Å². The van der Waals surface area contributed by atoms with Gasteiger partial charge in [0.05, 0.1) is 4.75 Å². The van der Waals surface area contributed by atoms with Gasteiger partial charge < -0.3 is 20.1 Å². The first kappa shape index (κ1) is 34.5. The van der Waals surface area contributed by atoms with Crippen LogP contribution in [0.3, 0.4) is 0 Å². The van der Waals surface area contributed by atoms with E-state index in [1.807, 2.05) is 127 Å². The number of hydrogen-bond donors (Lipinski definition) is 2. The molecule has 2 N–H and O–H groups in total. The predicted octanol–water partition coefficient (Wildman–Crippen LogP) is 7.94. The number of alkyl carbamates (subject to hydrolysis) is 1. The number of ether oxygens (including phenoxy) is 1. The molecule has 0 spiro atoms. The lowest BCUT2D eigenvalue weighted by atomic mass is 9.84. The van der Waals surface area contributed by atoms with Crippen LogP contribution in [-0.4, -0.2) is 59.0 Å². The van der Waals surface area contributed by atoms with Crippen molar-refractivity contribution in [3.8, 4) is 11.1 Å². The number of carbonyl (C=O) groups is 3. The van der Waals surface area contributed by atoms with E-state index in [9.17, 15) is 19.5 Å². The molecule has 1 unspecified atom stereocenters. The van der Waals surface area contributed by atoms with Crippen LogP contribution < -0.4 is 5.32 Å². The number of amides is 2. The molecule has 254 valence electrons. The molecule has 8 heteroatoms. The van der Waals surface area contributed by atoms with Crippen molar-refractivity contribution < 1.29 is 24.2 Å². The summed E-state index contributed by atoms with van der Waals surface area (Å²) in [7, 11) is 0. The molecule has 0 saturated carbocycles. The van der Waals surface area contributed by atoms with E-state index in [-0.39, 0.29) is 24.8 Å². The Morgan fingerprint density at radius 1 is 0.740 bits per heavy atom. The van der Waals surface area contributed by atoms with Crippen LogP contribution >= 0.6 is 11.8 Å². The fourth-order valence-corrected chi connectivity index (χ4v) is 8.56. The molecule has 0 radical (unpaired) electrons. The summed E-state index contributed by atoms with van der Waals surface area (Å²) in [6, 6.07) is 44.0. The third-order valence-electron chi connectivity index (χ3n) is 9.33. The molecule has 6 rings (SSSR count). The maximum Gasteiger partial charge on any atom is 0.407 e. The monoisotopic (exact) mass is 684 g/mol. The standard InChI is InChI=1S/C42H40N2O5S/c1-3-44(39(45)29(2)43-41(48)49-27-37-35-25-15-13-23-33(35)34-24-14-16-26-36(34)37)38(40(46)47)28-50-42(30-17-7-4-8-18-30,31-19-9-5-10-20-31)32-21-11-6-12-22-32/h4-26,29,37-38H,3,27-28H2,1-2H3,(H,43,48)(H,46,47)/t29?,38-/m0/s1. The molecule has 2 atom stereocenters. The van der Waals surface area contributed by atoms with Crippen molar-refractivity contribution in [3.63, 3.8) is 0 Å². The van der Waals surface area contributed by atoms with Gasteiger partial charge in [0.25, 0.3) is 0 Å². The molecule has 0 saturated heterocycles. The van der Waals surface area contributed by atoms with E-state index in [0.717, 1.165) is 38.9 Å². The number of aliphatic carboxylic acids is 1. The zero-order valence-corrected chi connectivity index (χ0v) is 28.9. The number of rotatable bonds is 13. The third kappa shape index (κ3) is 6.89. The molecule has 5 aromatic carbocycles. The second kappa shape index (κ2) is 15.5. The fourth-order valence-electron chi connectivity index (χ4n) is 6.92. The SMILES string of the molecule is CCN(C(=O)C(C)NC(=O)OCC1c2ccccc2-c2ccccc21)[C@@H](CSC(c1ccccc1)(c1ccccc1)c1ccccc1)C(=O)O. The van der Waals surface area contributed by atoms with Gasteiger partial charge in [-0.1, -0.05) is 140 Å². The van der Waals surface area contributed by atoms with Crippen molar-refractivity contribution in [3.05, 3.63) is 167 Å². The third-order valence-corrected chi connectivity index (χ3v) is 11.0. The number of fused-ring (bicyclic) bond motifs is 3. The van der Waals surface area contributed by atoms with Crippen LogP contribution in [0.5, 0.6) is 0 Å². The lowest BCUT2D eigenvalue weighted by Gasteiger charge is -2.38. The fraction of sp³-hybridized carbons (Fsp3) is 0.214. The van der Waals surface area contributed by atoms with E-state index < -0.39 is 34.8 Å². The first-order valence-corrected chi connectivity index (χ1v) is 17.8. The number of likely N-dealkylation sites (N-methyl/N-ethyl adjacent to an activating group) is 1. The second-order valence-corrected chi connectivity index (χ2v) is 13.5. The zero-order valence-electron chi connectivity index (χ0n) is 28.1. The molecule has 2 amide bonds. The van der Waals surface area contributed by atoms with Crippen LogP contribution in [0.4, 0.5) is 4.79 Å². The summed E-state index contributed by atoms with van der Waals surface area (Å²) < 4.78 is 4.92. The van der Waals surface area contributed by atoms with Crippen molar-refractivity contribution in [2.45, 2.75) is 36.6 Å². The highest BCUT2D eigenvalue weighted by molar-refractivity contribution is 8.00. The van der Waals surface area contributed by atoms with Crippen molar-refractivity contribution in [2.75, 3.05) is 18.9 Å². The zero-order chi connectivity index (χ0) is 35.1. The molecule has 1 aliphatic rings. The molecule has 0 aliphatic heterocycles. The van der Waals surface area contributed by atoms with Gasteiger partial charge in [0.2, 0.25) is 5.91 Å². The largest absolute Gasteiger partial charge is 0.480 e. The highest BCUT2D eigenvalue weighted by Crippen LogP contribution is 2.49. The molecular formula is C42H40N2O5S. The van der Waals surface area contributed by atoms with E-state index in [2.05, 4.69) is 17.4 Å². The predicted molar refractivity (Wildman–Crippen MR) is 198 cm³/mol. The second-order valence-electron chi connectivity index (χ2n) is 12.3. The highest BCUT2D eigenvalue weighted by Gasteiger charge is 2.40. The lowest BCUT2D eigenvalue weighted by Crippen LogP contribution is -2.54. The van der Waals surface area contributed by atoms with Gasteiger partial charge in [0, 0.05) is 18.2 Å². The summed E-state index contributed by atoms with van der Waals surface area (Å²) in [5, 5.41) is 13.2. The maximum absolute atomic E-state index is 13.9. The topological polar surface area (TPSA) is 95.9 Å². The van der Waals surface area contributed by atoms with Crippen LogP contribution in [-0.2, 0) is 19.1 Å². The molecule has 0 fully saturated rings. The van der Waals surface area contributed by atoms with Gasteiger partial charge in [-0.05, 0) is 52.8 Å². The summed E-state index contributed by atoms with van der Waals surface area (Å²) in [5.41, 5.74) is 7.38. The number of benzene rings is 5. The number of carbonyl (C=O) groups excluding carboxylic acids is 2. The van der Waals surface area contributed by atoms with E-state index >= 15 is 0 Å². The quantitative estimate of drug-likeness (QED) is 0.122. The van der Waals surface area contributed by atoms with Gasteiger partial charge in [-0.3, -0.25) is 4.79 Å². The average Bonchev–Trinajstić information content (AvgIpc) is 3.48. The van der Waals surface area contributed by atoms with Crippen LogP contribution in [0.1, 0.15) is 47.6 Å². The summed E-state index contributed by atoms with van der Waals surface area (Å²) in [6.45, 7) is 3.55. The number of nitrogens with zero attached hydrogens (tertiary/aromatic N) is 1. The Bertz CT molecular complexity index is 1790. The number of carboxylic acids is 1. The normalized spacial score (nSPS) is 13.4. The smallest absolute Gasteiger partial charge is 0.407 e. The molecular weight excluding hydrogens is 645 g/mol. The van der Waals surface area contributed by atoms with Crippen molar-refractivity contribution in [2.24, 2.45) is 0 Å². The minimum atomic E-state index is -1.17. The molecule has 7 nitrogen and oxygen atoms in total. The Labute approximate surface area is 297 Å². The van der Waals surface area contributed by atoms with Crippen molar-refractivity contribution in [1.29, 1.82) is 0 Å². The summed E-state index contributed by atoms with van der Waals surface area (Å²) in [5.74, 6) is -1.66. The first-order chi connectivity index (χ1) is 24.3. The van der Waals surface area contributed by atoms with Crippen LogP contribution in [0.25, 0.3) is 11.1 Å². The van der Waals surface area contributed by atoms with Crippen LogP contribution in [0, 0.1) is 0 Å². The minimum Gasteiger partial charge on any atom is -0.480 e. The Morgan fingerprint density at radius 2 is 1.18 bits per heavy atom. The number of carboxylic acid groups (broad SMARTS) is 1. The van der Waals surface area contributed by atoms with Gasteiger partial charge in [-0.15, -0.1) is 11.8 Å². The Kier molecular flexibility index (Phi) is 10.7. The van der Waals surface area contributed by atoms with Crippen LogP contribution in [0.15, 0.2) is 140 Å². The average molecular weight is 685 g/mol. The van der Waals surface area contributed by atoms with E-state index in [1.165, 1.54) is 16.7 Å².